The second kappa shape index (κ2) is 7.42. The van der Waals surface area contributed by atoms with E-state index in [2.05, 4.69) is 5.32 Å². The van der Waals surface area contributed by atoms with Crippen molar-refractivity contribution < 1.29 is 27.9 Å². The molecule has 2 unspecified atom stereocenters. The highest BCUT2D eigenvalue weighted by atomic mass is 19.4. The van der Waals surface area contributed by atoms with Gasteiger partial charge >= 0.3 is 12.1 Å². The molecule has 2 aromatic carbocycles. The highest BCUT2D eigenvalue weighted by Gasteiger charge is 2.44. The van der Waals surface area contributed by atoms with Crippen LogP contribution in [0, 0.1) is 0 Å². The van der Waals surface area contributed by atoms with Crippen LogP contribution in [0.25, 0.3) is 0 Å². The van der Waals surface area contributed by atoms with Gasteiger partial charge in [0.2, 0.25) is 5.91 Å². The summed E-state index contributed by atoms with van der Waals surface area (Å²) in [6.45, 7) is 0. The number of carbonyl (C=O) groups is 2. The summed E-state index contributed by atoms with van der Waals surface area (Å²) < 4.78 is 39.3. The van der Waals surface area contributed by atoms with Gasteiger partial charge in [0, 0.05) is 18.4 Å². The highest BCUT2D eigenvalue weighted by Crippen LogP contribution is 2.46. The number of hydrogen-bond acceptors (Lipinski definition) is 2. The first kappa shape index (κ1) is 18.9. The van der Waals surface area contributed by atoms with Gasteiger partial charge in [-0.25, -0.2) is 4.79 Å². The minimum absolute atomic E-state index is 0.173. The van der Waals surface area contributed by atoms with Gasteiger partial charge in [-0.2, -0.15) is 13.2 Å². The molecule has 142 valence electrons. The molecular formula is C20H18F3NO3. The third-order valence-corrected chi connectivity index (χ3v) is 4.64. The molecule has 2 aromatic rings. The van der Waals surface area contributed by atoms with E-state index >= 15 is 0 Å². The standard InChI is InChI=1S/C20H18F3NO3/c21-20(22,23)16-4-2-1-3-14(16)15-11-17(15)24-18(25)10-7-12-5-8-13(9-6-12)19(26)27/h1-6,8-9,15,17H,7,10-11H2,(H,24,25)(H,26,27). The van der Waals surface area contributed by atoms with Gasteiger partial charge in [-0.3, -0.25) is 4.79 Å². The summed E-state index contributed by atoms with van der Waals surface area (Å²) in [5.74, 6) is -1.56. The summed E-state index contributed by atoms with van der Waals surface area (Å²) in [6.07, 6.45) is -3.29. The molecule has 1 fully saturated rings. The Labute approximate surface area is 154 Å². The number of aryl methyl sites for hydroxylation is 1. The van der Waals surface area contributed by atoms with Gasteiger partial charge in [-0.05, 0) is 42.2 Å². The van der Waals surface area contributed by atoms with Crippen LogP contribution < -0.4 is 5.32 Å². The van der Waals surface area contributed by atoms with Crippen molar-refractivity contribution in [3.05, 3.63) is 70.8 Å². The second-order valence-corrected chi connectivity index (χ2v) is 6.60. The summed E-state index contributed by atoms with van der Waals surface area (Å²) in [5.41, 5.74) is 0.571. The Morgan fingerprint density at radius 1 is 1.07 bits per heavy atom. The van der Waals surface area contributed by atoms with Crippen LogP contribution in [0.1, 0.15) is 45.8 Å². The van der Waals surface area contributed by atoms with Crippen LogP contribution in [0.4, 0.5) is 13.2 Å². The van der Waals surface area contributed by atoms with E-state index in [0.717, 1.165) is 11.6 Å². The molecule has 1 aliphatic rings. The second-order valence-electron chi connectivity index (χ2n) is 6.60. The Morgan fingerprint density at radius 3 is 2.37 bits per heavy atom. The van der Waals surface area contributed by atoms with Crippen LogP contribution >= 0.6 is 0 Å². The fraction of sp³-hybridized carbons (Fsp3) is 0.300. The Balaban J connectivity index is 1.53. The van der Waals surface area contributed by atoms with Crippen molar-refractivity contribution in [2.24, 2.45) is 0 Å². The van der Waals surface area contributed by atoms with Crippen molar-refractivity contribution in [2.45, 2.75) is 37.4 Å². The number of carboxylic acids is 1. The third-order valence-electron chi connectivity index (χ3n) is 4.64. The van der Waals surface area contributed by atoms with Crippen molar-refractivity contribution in [1.82, 2.24) is 5.32 Å². The molecule has 1 amide bonds. The maximum Gasteiger partial charge on any atom is 0.416 e. The maximum atomic E-state index is 13.1. The predicted molar refractivity (Wildman–Crippen MR) is 92.5 cm³/mol. The molecular weight excluding hydrogens is 359 g/mol. The average Bonchev–Trinajstić information content (AvgIpc) is 3.38. The average molecular weight is 377 g/mol. The van der Waals surface area contributed by atoms with Crippen molar-refractivity contribution in [2.75, 3.05) is 0 Å². The molecule has 0 aliphatic heterocycles. The Hall–Kier alpha value is -2.83. The molecule has 1 aliphatic carbocycles. The van der Waals surface area contributed by atoms with Crippen molar-refractivity contribution >= 4 is 11.9 Å². The van der Waals surface area contributed by atoms with Crippen LogP contribution in [0.15, 0.2) is 48.5 Å². The molecule has 2 N–H and O–H groups in total. The molecule has 0 radical (unpaired) electrons. The summed E-state index contributed by atoms with van der Waals surface area (Å²) in [5, 5.41) is 11.6. The normalized spacial score (nSPS) is 18.8. The predicted octanol–water partition coefficient (Wildman–Crippen LogP) is 4.01. The minimum Gasteiger partial charge on any atom is -0.478 e. The largest absolute Gasteiger partial charge is 0.478 e. The number of carboxylic acid groups (broad SMARTS) is 1. The van der Waals surface area contributed by atoms with E-state index in [1.54, 1.807) is 18.2 Å². The number of rotatable bonds is 6. The van der Waals surface area contributed by atoms with Crippen molar-refractivity contribution in [3.8, 4) is 0 Å². The zero-order valence-corrected chi connectivity index (χ0v) is 14.3. The van der Waals surface area contributed by atoms with Crippen LogP contribution in [-0.4, -0.2) is 23.0 Å². The number of benzene rings is 2. The number of carbonyl (C=O) groups excluding carboxylic acids is 1. The van der Waals surface area contributed by atoms with Crippen molar-refractivity contribution in [3.63, 3.8) is 0 Å². The maximum absolute atomic E-state index is 13.1. The fourth-order valence-electron chi connectivity index (χ4n) is 3.13. The number of nitrogens with one attached hydrogen (secondary N) is 1. The van der Waals surface area contributed by atoms with E-state index in [0.29, 0.717) is 12.8 Å². The molecule has 7 heteroatoms. The first-order chi connectivity index (χ1) is 12.8. The van der Waals surface area contributed by atoms with Gasteiger partial charge < -0.3 is 10.4 Å². The number of hydrogen-bond donors (Lipinski definition) is 2. The van der Waals surface area contributed by atoms with Crippen LogP contribution in [0.5, 0.6) is 0 Å². The van der Waals surface area contributed by atoms with Gasteiger partial charge in [0.15, 0.2) is 0 Å². The van der Waals surface area contributed by atoms with E-state index in [1.165, 1.54) is 24.3 Å². The molecule has 1 saturated carbocycles. The quantitative estimate of drug-likeness (QED) is 0.799. The van der Waals surface area contributed by atoms with Gasteiger partial charge in [-0.15, -0.1) is 0 Å². The van der Waals surface area contributed by atoms with Gasteiger partial charge in [0.1, 0.15) is 0 Å². The molecule has 27 heavy (non-hydrogen) atoms. The van der Waals surface area contributed by atoms with E-state index in [4.69, 9.17) is 5.11 Å². The van der Waals surface area contributed by atoms with E-state index in [9.17, 15) is 22.8 Å². The van der Waals surface area contributed by atoms with Crippen LogP contribution in [0.2, 0.25) is 0 Å². The number of halogens is 3. The molecule has 2 atom stereocenters. The SMILES string of the molecule is O=C(CCc1ccc(C(=O)O)cc1)NC1CC1c1ccccc1C(F)(F)F. The van der Waals surface area contributed by atoms with E-state index in [1.807, 2.05) is 0 Å². The summed E-state index contributed by atoms with van der Waals surface area (Å²) in [4.78, 5) is 22.9. The van der Waals surface area contributed by atoms with Crippen molar-refractivity contribution in [1.29, 1.82) is 0 Å². The highest BCUT2D eigenvalue weighted by molar-refractivity contribution is 5.87. The van der Waals surface area contributed by atoms with Crippen LogP contribution in [-0.2, 0) is 17.4 Å². The van der Waals surface area contributed by atoms with Gasteiger partial charge in [-0.1, -0.05) is 30.3 Å². The molecule has 3 rings (SSSR count). The molecule has 0 spiro atoms. The zero-order valence-electron chi connectivity index (χ0n) is 14.3. The van der Waals surface area contributed by atoms with E-state index in [-0.39, 0.29) is 35.4 Å². The lowest BCUT2D eigenvalue weighted by atomic mass is 10.0. The Kier molecular flexibility index (Phi) is 5.21. The Morgan fingerprint density at radius 2 is 1.74 bits per heavy atom. The first-order valence-electron chi connectivity index (χ1n) is 8.53. The summed E-state index contributed by atoms with van der Waals surface area (Å²) in [7, 11) is 0. The minimum atomic E-state index is -4.41. The number of alkyl halides is 3. The lowest BCUT2D eigenvalue weighted by Crippen LogP contribution is -2.27. The fourth-order valence-corrected chi connectivity index (χ4v) is 3.13. The Bertz CT molecular complexity index is 846. The zero-order chi connectivity index (χ0) is 19.6. The number of aromatic carboxylic acids is 1. The van der Waals surface area contributed by atoms with Crippen LogP contribution in [0.3, 0.4) is 0 Å². The number of amides is 1. The lowest BCUT2D eigenvalue weighted by molar-refractivity contribution is -0.138. The van der Waals surface area contributed by atoms with Gasteiger partial charge in [0.25, 0.3) is 0 Å². The van der Waals surface area contributed by atoms with Gasteiger partial charge in [0.05, 0.1) is 11.1 Å². The molecule has 4 nitrogen and oxygen atoms in total. The molecule has 0 saturated heterocycles. The molecule has 0 bridgehead atoms. The lowest BCUT2D eigenvalue weighted by Gasteiger charge is -2.12. The summed E-state index contributed by atoms with van der Waals surface area (Å²) >= 11 is 0. The smallest absolute Gasteiger partial charge is 0.416 e. The first-order valence-corrected chi connectivity index (χ1v) is 8.53. The molecule has 0 heterocycles. The monoisotopic (exact) mass is 377 g/mol. The summed E-state index contributed by atoms with van der Waals surface area (Å²) in [6, 6.07) is 11.4. The topological polar surface area (TPSA) is 66.4 Å². The third kappa shape index (κ3) is 4.67. The van der Waals surface area contributed by atoms with E-state index < -0.39 is 17.7 Å². The molecule has 0 aromatic heterocycles.